The summed E-state index contributed by atoms with van der Waals surface area (Å²) in [6, 6.07) is -0.731. The lowest BCUT2D eigenvalue weighted by Gasteiger charge is -2.42. The van der Waals surface area contributed by atoms with Crippen LogP contribution in [-0.4, -0.2) is 67.2 Å². The third-order valence-corrected chi connectivity index (χ3v) is 4.57. The first kappa shape index (κ1) is 20.1. The van der Waals surface area contributed by atoms with Gasteiger partial charge in [-0.15, -0.1) is 5.16 Å². The van der Waals surface area contributed by atoms with Crippen molar-refractivity contribution in [3.63, 3.8) is 0 Å². The van der Waals surface area contributed by atoms with Gasteiger partial charge in [-0.1, -0.05) is 0 Å². The molecular weight excluding hydrogens is 339 g/mol. The van der Waals surface area contributed by atoms with Crippen LogP contribution in [0.3, 0.4) is 0 Å². The van der Waals surface area contributed by atoms with Crippen LogP contribution in [0, 0.1) is 0 Å². The highest BCUT2D eigenvalue weighted by Gasteiger charge is 2.50. The molecule has 0 N–H and O–H groups in total. The third kappa shape index (κ3) is 5.36. The van der Waals surface area contributed by atoms with Crippen LogP contribution in [0.5, 0.6) is 0 Å². The molecule has 1 spiro atoms. The minimum Gasteiger partial charge on any atom is -0.458 e. The minimum atomic E-state index is -0.731. The number of nitrogens with zero attached hydrogens (tertiary/aromatic N) is 2. The molecule has 1 amide bonds. The quantitative estimate of drug-likeness (QED) is 0.521. The van der Waals surface area contributed by atoms with E-state index in [2.05, 4.69) is 5.16 Å². The Labute approximate surface area is 157 Å². The summed E-state index contributed by atoms with van der Waals surface area (Å²) in [4.78, 5) is 32.5. The fourth-order valence-electron chi connectivity index (χ4n) is 3.11. The van der Waals surface area contributed by atoms with Gasteiger partial charge in [0.05, 0.1) is 0 Å². The van der Waals surface area contributed by atoms with Crippen LogP contribution in [0.25, 0.3) is 0 Å². The van der Waals surface area contributed by atoms with Crippen molar-refractivity contribution in [1.29, 1.82) is 0 Å². The van der Waals surface area contributed by atoms with Crippen LogP contribution in [0.2, 0.25) is 0 Å². The average molecular weight is 368 g/mol. The number of carbonyl (C=O) groups excluding carboxylic acids is 2. The molecule has 2 heterocycles. The first-order valence-corrected chi connectivity index (χ1v) is 9.74. The normalized spacial score (nSPS) is 26.9. The molecule has 1 saturated heterocycles. The minimum absolute atomic E-state index is 0.371. The van der Waals surface area contributed by atoms with Gasteiger partial charge in [0.1, 0.15) is 22.8 Å². The molecule has 0 aromatic heterocycles. The largest absolute Gasteiger partial charge is 0.458 e. The van der Waals surface area contributed by atoms with E-state index in [0.29, 0.717) is 19.4 Å². The van der Waals surface area contributed by atoms with E-state index in [1.54, 1.807) is 20.8 Å². The monoisotopic (exact) mass is 368 g/mol. The molecule has 25 heavy (non-hydrogen) atoms. The van der Waals surface area contributed by atoms with Gasteiger partial charge in [0.15, 0.2) is 0 Å². The van der Waals surface area contributed by atoms with E-state index >= 15 is 0 Å². The van der Waals surface area contributed by atoms with E-state index in [0.717, 1.165) is 27.3 Å². The smallest absolute Gasteiger partial charge is 0.411 e. The molecule has 0 unspecified atom stereocenters. The van der Waals surface area contributed by atoms with Crippen LogP contribution in [0.15, 0.2) is 5.16 Å². The number of esters is 1. The highest BCUT2D eigenvalue weighted by atomic mass is 27.0. The number of oxime groups is 1. The molecule has 0 aromatic rings. The summed E-state index contributed by atoms with van der Waals surface area (Å²) >= 11 is 0.832. The van der Waals surface area contributed by atoms with Crippen LogP contribution in [0.4, 0.5) is 4.79 Å². The topological polar surface area (TPSA) is 77.4 Å². The first-order chi connectivity index (χ1) is 11.3. The number of hydrogen-bond donors (Lipinski definition) is 0. The van der Waals surface area contributed by atoms with Gasteiger partial charge in [-0.25, -0.2) is 9.59 Å². The van der Waals surface area contributed by atoms with Crippen molar-refractivity contribution in [2.45, 2.75) is 83.6 Å². The number of piperidine rings is 1. The maximum Gasteiger partial charge on any atom is 0.411 e. The van der Waals surface area contributed by atoms with Crippen molar-refractivity contribution in [2.24, 2.45) is 5.16 Å². The van der Waals surface area contributed by atoms with E-state index in [1.807, 2.05) is 20.8 Å². The highest BCUT2D eigenvalue weighted by Crippen LogP contribution is 2.38. The molecule has 1 fully saturated rings. The van der Waals surface area contributed by atoms with Crippen molar-refractivity contribution in [3.05, 3.63) is 0 Å². The van der Waals surface area contributed by atoms with Gasteiger partial charge >= 0.3 is 12.1 Å². The second-order valence-corrected chi connectivity index (χ2v) is 10.1. The molecule has 0 saturated carbocycles. The SMILES string of the molecule is CC(C)(C)OC(=O)[C@@H]1C[C@@]2(CCN1C(=O)OC(C)(C)C)C[C]([AlH2])=NO2. The van der Waals surface area contributed by atoms with E-state index in [4.69, 9.17) is 14.3 Å². The summed E-state index contributed by atoms with van der Waals surface area (Å²) in [7, 11) is 0. The van der Waals surface area contributed by atoms with Crippen molar-refractivity contribution < 1.29 is 23.9 Å². The predicted molar refractivity (Wildman–Crippen MR) is 96.2 cm³/mol. The molecule has 2 atom stereocenters. The number of carbonyl (C=O) groups is 2. The number of amides is 1. The predicted octanol–water partition coefficient (Wildman–Crippen LogP) is 1.83. The molecule has 0 bridgehead atoms. The van der Waals surface area contributed by atoms with E-state index in [9.17, 15) is 9.59 Å². The third-order valence-electron chi connectivity index (χ3n) is 4.03. The Hall–Kier alpha value is -1.26. The van der Waals surface area contributed by atoms with Crippen LogP contribution < -0.4 is 0 Å². The van der Waals surface area contributed by atoms with E-state index in [1.165, 1.54) is 4.90 Å². The van der Waals surface area contributed by atoms with Crippen LogP contribution in [-0.2, 0) is 19.1 Å². The molecule has 2 aliphatic rings. The lowest BCUT2D eigenvalue weighted by atomic mass is 9.84. The Bertz CT molecular complexity index is 579. The van der Waals surface area contributed by atoms with E-state index < -0.39 is 34.9 Å². The molecule has 2 rings (SSSR count). The van der Waals surface area contributed by atoms with E-state index in [-0.39, 0.29) is 0 Å². The summed E-state index contributed by atoms with van der Waals surface area (Å²) in [6.45, 7) is 11.2. The molecule has 0 aliphatic carbocycles. The van der Waals surface area contributed by atoms with Gasteiger partial charge in [-0.05, 0) is 46.1 Å². The summed E-state index contributed by atoms with van der Waals surface area (Å²) in [5.74, 6) is -0.428. The Morgan fingerprint density at radius 1 is 1.20 bits per heavy atom. The summed E-state index contributed by atoms with van der Waals surface area (Å²) in [5.41, 5.74) is -1.76. The Morgan fingerprint density at radius 3 is 2.28 bits per heavy atom. The van der Waals surface area contributed by atoms with Gasteiger partial charge in [-0.3, -0.25) is 4.90 Å². The number of ether oxygens (including phenoxy) is 2. The average Bonchev–Trinajstić information content (AvgIpc) is 2.75. The summed E-state index contributed by atoms with van der Waals surface area (Å²) < 4.78 is 12.1. The standard InChI is InChI=1S/C17H27N2O5.Al.2H/c1-15(2,3)22-13(20)12-11-17(7-9-18-24-17)8-10-19(12)14(21)23-16(4,5)6;;;/h12H,7-8,10-11H2,1-6H3;;;/t12-,17-;;;/m0.../s1. The summed E-state index contributed by atoms with van der Waals surface area (Å²) in [5, 5.41) is 4.10. The van der Waals surface area contributed by atoms with Crippen LogP contribution in [0.1, 0.15) is 60.8 Å². The Balaban J connectivity index is 2.20. The van der Waals surface area contributed by atoms with Crippen molar-refractivity contribution in [2.75, 3.05) is 6.54 Å². The van der Waals surface area contributed by atoms with Crippen molar-refractivity contribution in [3.8, 4) is 0 Å². The molecule has 2 aliphatic heterocycles. The summed E-state index contributed by atoms with van der Waals surface area (Å²) in [6.07, 6.45) is 1.22. The first-order valence-electron chi connectivity index (χ1n) is 8.74. The fraction of sp³-hybridized carbons (Fsp3) is 0.824. The zero-order chi connectivity index (χ0) is 19.0. The Morgan fingerprint density at radius 2 is 1.80 bits per heavy atom. The zero-order valence-corrected chi connectivity index (χ0v) is 18.3. The lowest BCUT2D eigenvalue weighted by Crippen LogP contribution is -2.57. The van der Waals surface area contributed by atoms with Gasteiger partial charge in [0, 0.05) is 25.8 Å². The van der Waals surface area contributed by atoms with Gasteiger partial charge < -0.3 is 14.3 Å². The molecule has 0 aromatic carbocycles. The number of likely N-dealkylation sites (tertiary alicyclic amines) is 1. The molecular formula is C17H29AlN2O5. The van der Waals surface area contributed by atoms with Crippen molar-refractivity contribution >= 4 is 32.9 Å². The second kappa shape index (κ2) is 6.81. The van der Waals surface area contributed by atoms with Gasteiger partial charge in [-0.2, -0.15) is 0 Å². The highest BCUT2D eigenvalue weighted by molar-refractivity contribution is 6.59. The molecule has 0 radical (unpaired) electrons. The Kier molecular flexibility index (Phi) is 5.46. The number of hydrogen-bond acceptors (Lipinski definition) is 6. The van der Waals surface area contributed by atoms with Crippen molar-refractivity contribution in [1.82, 2.24) is 4.90 Å². The maximum atomic E-state index is 12.8. The number of rotatable bonds is 1. The van der Waals surface area contributed by atoms with Gasteiger partial charge in [0.25, 0.3) is 16.3 Å². The second-order valence-electron chi connectivity index (χ2n) is 8.95. The molecule has 7 nitrogen and oxygen atoms in total. The molecule has 140 valence electrons. The maximum absolute atomic E-state index is 12.8. The zero-order valence-electron chi connectivity index (χ0n) is 16.3. The lowest BCUT2D eigenvalue weighted by molar-refractivity contribution is -0.168. The molecule has 8 heteroatoms. The van der Waals surface area contributed by atoms with Gasteiger partial charge in [0.2, 0.25) is 0 Å². The van der Waals surface area contributed by atoms with Crippen LogP contribution >= 0.6 is 0 Å². The fourth-order valence-corrected chi connectivity index (χ4v) is 3.85.